The SMILES string of the molecule is CCCCCCC(I)C(C)C1(F)C(F)(F)C(F)(F)C(F)(F)C1(F)F. The van der Waals surface area contributed by atoms with Crippen molar-refractivity contribution in [1.82, 2.24) is 0 Å². The molecule has 0 aliphatic heterocycles. The van der Waals surface area contributed by atoms with Crippen molar-refractivity contribution in [2.75, 3.05) is 0 Å². The first kappa shape index (κ1) is 22.1. The van der Waals surface area contributed by atoms with Gasteiger partial charge in [-0.15, -0.1) is 0 Å². The molecule has 0 nitrogen and oxygen atoms in total. The van der Waals surface area contributed by atoms with E-state index >= 15 is 0 Å². The zero-order valence-electron chi connectivity index (χ0n) is 13.0. The molecule has 0 radical (unpaired) electrons. The first-order chi connectivity index (χ1) is 10.6. The summed E-state index contributed by atoms with van der Waals surface area (Å²) in [5, 5.41) is 0. The van der Waals surface area contributed by atoms with Gasteiger partial charge in [0.1, 0.15) is 0 Å². The maximum Gasteiger partial charge on any atom is 0.381 e. The van der Waals surface area contributed by atoms with Crippen LogP contribution in [0.1, 0.15) is 46.0 Å². The van der Waals surface area contributed by atoms with Gasteiger partial charge in [-0.05, 0) is 6.42 Å². The summed E-state index contributed by atoms with van der Waals surface area (Å²) in [6.45, 7) is 2.43. The van der Waals surface area contributed by atoms with E-state index in [1.165, 1.54) is 22.6 Å². The second-order valence-electron chi connectivity index (χ2n) is 6.16. The lowest BCUT2D eigenvalue weighted by molar-refractivity contribution is -0.303. The Morgan fingerprint density at radius 1 is 0.708 bits per heavy atom. The Morgan fingerprint density at radius 3 is 1.50 bits per heavy atom. The molecule has 1 fully saturated rings. The third-order valence-electron chi connectivity index (χ3n) is 4.60. The second-order valence-corrected chi connectivity index (χ2v) is 7.76. The van der Waals surface area contributed by atoms with Crippen LogP contribution in [0.3, 0.4) is 0 Å². The molecule has 0 heterocycles. The molecule has 0 saturated heterocycles. The number of alkyl halides is 10. The van der Waals surface area contributed by atoms with Gasteiger partial charge in [-0.2, -0.15) is 35.1 Å². The lowest BCUT2D eigenvalue weighted by Crippen LogP contribution is -2.60. The highest BCUT2D eigenvalue weighted by Gasteiger charge is 3.01. The van der Waals surface area contributed by atoms with E-state index in [9.17, 15) is 39.5 Å². The van der Waals surface area contributed by atoms with Gasteiger partial charge >= 0.3 is 23.7 Å². The van der Waals surface area contributed by atoms with E-state index in [0.29, 0.717) is 19.8 Å². The van der Waals surface area contributed by atoms with E-state index in [4.69, 9.17) is 0 Å². The average molecular weight is 484 g/mol. The van der Waals surface area contributed by atoms with E-state index < -0.39 is 39.2 Å². The second kappa shape index (κ2) is 6.68. The summed E-state index contributed by atoms with van der Waals surface area (Å²) in [6, 6.07) is 0. The van der Waals surface area contributed by atoms with Gasteiger partial charge in [0, 0.05) is 9.84 Å². The largest absolute Gasteiger partial charge is 0.381 e. The fourth-order valence-corrected chi connectivity index (χ4v) is 3.82. The summed E-state index contributed by atoms with van der Waals surface area (Å²) < 4.78 is 121. The zero-order chi connectivity index (χ0) is 19.2. The Morgan fingerprint density at radius 2 is 1.12 bits per heavy atom. The lowest BCUT2D eigenvalue weighted by atomic mass is 9.80. The van der Waals surface area contributed by atoms with Crippen LogP contribution in [0.2, 0.25) is 0 Å². The van der Waals surface area contributed by atoms with Crippen LogP contribution in [0.15, 0.2) is 0 Å². The number of unbranched alkanes of at least 4 members (excludes halogenated alkanes) is 3. The van der Waals surface area contributed by atoms with E-state index in [0.717, 1.165) is 12.8 Å². The number of halogens is 10. The van der Waals surface area contributed by atoms with Crippen molar-refractivity contribution in [3.63, 3.8) is 0 Å². The maximum atomic E-state index is 14.6. The number of hydrogen-bond acceptors (Lipinski definition) is 0. The van der Waals surface area contributed by atoms with Crippen LogP contribution in [-0.4, -0.2) is 33.3 Å². The van der Waals surface area contributed by atoms with Crippen LogP contribution in [-0.2, 0) is 0 Å². The minimum Gasteiger partial charge on any atom is -0.230 e. The van der Waals surface area contributed by atoms with Crippen molar-refractivity contribution in [2.45, 2.75) is 79.2 Å². The number of hydrogen-bond donors (Lipinski definition) is 0. The summed E-state index contributed by atoms with van der Waals surface area (Å²) >= 11 is 1.38. The Bertz CT molecular complexity index is 424. The van der Waals surface area contributed by atoms with Gasteiger partial charge in [0.25, 0.3) is 5.67 Å². The molecule has 24 heavy (non-hydrogen) atoms. The molecule has 0 bridgehead atoms. The van der Waals surface area contributed by atoms with Crippen LogP contribution in [0.5, 0.6) is 0 Å². The third-order valence-corrected chi connectivity index (χ3v) is 6.30. The Labute approximate surface area is 147 Å². The fraction of sp³-hybridized carbons (Fsp3) is 1.00. The van der Waals surface area contributed by atoms with Crippen LogP contribution in [0, 0.1) is 5.92 Å². The molecule has 1 aliphatic rings. The Hall–Kier alpha value is 0.1000. The summed E-state index contributed by atoms with van der Waals surface area (Å²) in [4.78, 5) is 0. The molecule has 0 spiro atoms. The highest BCUT2D eigenvalue weighted by Crippen LogP contribution is 2.71. The molecule has 1 saturated carbocycles. The molecule has 1 aliphatic carbocycles. The molecule has 2 atom stereocenters. The molecule has 0 amide bonds. The van der Waals surface area contributed by atoms with Gasteiger partial charge in [-0.3, -0.25) is 0 Å². The van der Waals surface area contributed by atoms with Gasteiger partial charge in [-0.25, -0.2) is 4.39 Å². The summed E-state index contributed by atoms with van der Waals surface area (Å²) in [5.41, 5.74) is -5.34. The summed E-state index contributed by atoms with van der Waals surface area (Å²) in [7, 11) is 0. The minimum atomic E-state index is -6.48. The molecule has 0 aromatic heterocycles. The first-order valence-corrected chi connectivity index (χ1v) is 8.73. The molecule has 0 N–H and O–H groups in total. The predicted octanol–water partition coefficient (Wildman–Crippen LogP) is 6.66. The Balaban J connectivity index is 3.18. The third kappa shape index (κ3) is 2.64. The molecule has 0 aromatic rings. The molecule has 2 unspecified atom stereocenters. The van der Waals surface area contributed by atoms with E-state index in [2.05, 4.69) is 0 Å². The molecule has 1 rings (SSSR count). The zero-order valence-corrected chi connectivity index (χ0v) is 15.1. The van der Waals surface area contributed by atoms with Gasteiger partial charge in [0.05, 0.1) is 0 Å². The quantitative estimate of drug-likeness (QED) is 0.164. The van der Waals surface area contributed by atoms with Crippen molar-refractivity contribution >= 4 is 22.6 Å². The maximum absolute atomic E-state index is 14.6. The van der Waals surface area contributed by atoms with Crippen LogP contribution < -0.4 is 0 Å². The standard InChI is InChI=1S/C14H18F9I/c1-3-4-5-6-7-9(24)8(2)10(15)11(16,17)13(20,21)14(22,23)12(10,18)19/h8-9H,3-7H2,1-2H3. The van der Waals surface area contributed by atoms with Crippen LogP contribution in [0.25, 0.3) is 0 Å². The van der Waals surface area contributed by atoms with E-state index in [-0.39, 0.29) is 6.42 Å². The highest BCUT2D eigenvalue weighted by molar-refractivity contribution is 14.1. The first-order valence-electron chi connectivity index (χ1n) is 7.48. The van der Waals surface area contributed by atoms with Gasteiger partial charge in [-0.1, -0.05) is 62.1 Å². The minimum absolute atomic E-state index is 0.0172. The van der Waals surface area contributed by atoms with Crippen molar-refractivity contribution < 1.29 is 39.5 Å². The fourth-order valence-electron chi connectivity index (χ4n) is 2.89. The monoisotopic (exact) mass is 484 g/mol. The van der Waals surface area contributed by atoms with E-state index in [1.807, 2.05) is 6.92 Å². The van der Waals surface area contributed by atoms with Crippen molar-refractivity contribution in [2.24, 2.45) is 5.92 Å². The van der Waals surface area contributed by atoms with Gasteiger partial charge in [0.2, 0.25) is 0 Å². The van der Waals surface area contributed by atoms with Crippen LogP contribution >= 0.6 is 22.6 Å². The number of rotatable bonds is 7. The van der Waals surface area contributed by atoms with Crippen LogP contribution in [0.4, 0.5) is 39.5 Å². The van der Waals surface area contributed by atoms with Crippen molar-refractivity contribution in [3.05, 3.63) is 0 Å². The summed E-state index contributed by atoms with van der Waals surface area (Å²) in [5.74, 6) is -27.8. The predicted molar refractivity (Wildman–Crippen MR) is 79.4 cm³/mol. The van der Waals surface area contributed by atoms with Gasteiger partial charge < -0.3 is 0 Å². The Kier molecular flexibility index (Phi) is 6.16. The van der Waals surface area contributed by atoms with Crippen molar-refractivity contribution in [1.29, 1.82) is 0 Å². The topological polar surface area (TPSA) is 0 Å². The van der Waals surface area contributed by atoms with E-state index in [1.54, 1.807) is 0 Å². The molecule has 144 valence electrons. The average Bonchev–Trinajstić information content (AvgIpc) is 2.52. The lowest BCUT2D eigenvalue weighted by Gasteiger charge is -2.38. The smallest absolute Gasteiger partial charge is 0.230 e. The molecular formula is C14H18F9I. The van der Waals surface area contributed by atoms with Crippen molar-refractivity contribution in [3.8, 4) is 0 Å². The summed E-state index contributed by atoms with van der Waals surface area (Å²) in [6.07, 6.45) is 2.55. The molecular weight excluding hydrogens is 466 g/mol. The normalized spacial score (nSPS) is 28.5. The van der Waals surface area contributed by atoms with Gasteiger partial charge in [0.15, 0.2) is 0 Å². The molecule has 10 heteroatoms. The molecule has 0 aromatic carbocycles. The highest BCUT2D eigenvalue weighted by atomic mass is 127.